The van der Waals surface area contributed by atoms with Crippen molar-refractivity contribution in [2.45, 2.75) is 20.8 Å². The number of hydrogen-bond donors (Lipinski definition) is 1. The summed E-state index contributed by atoms with van der Waals surface area (Å²) in [4.78, 5) is 4.42. The van der Waals surface area contributed by atoms with Crippen LogP contribution in [0.3, 0.4) is 0 Å². The Kier molecular flexibility index (Phi) is 2.65. The van der Waals surface area contributed by atoms with E-state index in [0.29, 0.717) is 0 Å². The van der Waals surface area contributed by atoms with Crippen LogP contribution in [-0.4, -0.2) is 4.98 Å². The summed E-state index contributed by atoms with van der Waals surface area (Å²) in [6, 6.07) is 8.17. The van der Waals surface area contributed by atoms with Gasteiger partial charge in [0.15, 0.2) is 0 Å². The summed E-state index contributed by atoms with van der Waals surface area (Å²) in [5, 5.41) is 0. The minimum absolute atomic E-state index is 0.744. The summed E-state index contributed by atoms with van der Waals surface area (Å²) < 4.78 is 0. The van der Waals surface area contributed by atoms with E-state index in [-0.39, 0.29) is 0 Å². The van der Waals surface area contributed by atoms with Crippen LogP contribution < -0.4 is 5.73 Å². The number of anilines is 1. The van der Waals surface area contributed by atoms with Crippen LogP contribution in [0.2, 0.25) is 0 Å². The zero-order chi connectivity index (χ0) is 11.7. The number of aryl methyl sites for hydroxylation is 2. The third-order valence-electron chi connectivity index (χ3n) is 2.91. The topological polar surface area (TPSA) is 38.9 Å². The van der Waals surface area contributed by atoms with Crippen LogP contribution >= 0.6 is 0 Å². The molecule has 1 aromatic heterocycles. The molecule has 1 aromatic carbocycles. The number of nitrogens with two attached hydrogens (primary N) is 1. The number of pyridine rings is 1. The lowest BCUT2D eigenvalue weighted by Gasteiger charge is -2.10. The first kappa shape index (κ1) is 10.7. The van der Waals surface area contributed by atoms with Crippen LogP contribution in [-0.2, 0) is 0 Å². The van der Waals surface area contributed by atoms with Crippen molar-refractivity contribution in [3.05, 3.63) is 47.2 Å². The molecule has 0 aliphatic heterocycles. The van der Waals surface area contributed by atoms with Gasteiger partial charge in [-0.3, -0.25) is 4.98 Å². The van der Waals surface area contributed by atoms with Crippen molar-refractivity contribution >= 4 is 5.69 Å². The van der Waals surface area contributed by atoms with Gasteiger partial charge in [0.05, 0.1) is 11.4 Å². The van der Waals surface area contributed by atoms with Crippen molar-refractivity contribution in [2.24, 2.45) is 0 Å². The van der Waals surface area contributed by atoms with Gasteiger partial charge in [0.2, 0.25) is 0 Å². The van der Waals surface area contributed by atoms with Gasteiger partial charge in [-0.15, -0.1) is 0 Å². The fourth-order valence-corrected chi connectivity index (χ4v) is 1.82. The third kappa shape index (κ3) is 1.78. The predicted molar refractivity (Wildman–Crippen MR) is 68.3 cm³/mol. The van der Waals surface area contributed by atoms with Crippen LogP contribution in [0, 0.1) is 20.8 Å². The molecule has 0 unspecified atom stereocenters. The summed E-state index contributed by atoms with van der Waals surface area (Å²) in [7, 11) is 0. The predicted octanol–water partition coefficient (Wildman–Crippen LogP) is 3.26. The van der Waals surface area contributed by atoms with Crippen LogP contribution in [0.1, 0.15) is 16.7 Å². The molecule has 82 valence electrons. The highest BCUT2D eigenvalue weighted by atomic mass is 14.7. The van der Waals surface area contributed by atoms with E-state index in [0.717, 1.165) is 22.5 Å². The van der Waals surface area contributed by atoms with E-state index in [4.69, 9.17) is 5.73 Å². The molecule has 0 aliphatic rings. The van der Waals surface area contributed by atoms with Gasteiger partial charge in [0.1, 0.15) is 0 Å². The van der Waals surface area contributed by atoms with Gasteiger partial charge in [-0.25, -0.2) is 0 Å². The highest BCUT2D eigenvalue weighted by Gasteiger charge is 2.08. The molecule has 0 saturated heterocycles. The van der Waals surface area contributed by atoms with Crippen molar-refractivity contribution in [3.63, 3.8) is 0 Å². The standard InChI is InChI=1S/C14H16N2/c1-9-7-13(15)14(16-8-9)12-6-4-5-10(2)11(12)3/h4-8H,15H2,1-3H3. The molecule has 16 heavy (non-hydrogen) atoms. The Hall–Kier alpha value is -1.83. The number of rotatable bonds is 1. The van der Waals surface area contributed by atoms with Gasteiger partial charge in [-0.2, -0.15) is 0 Å². The Morgan fingerprint density at radius 1 is 1.12 bits per heavy atom. The maximum absolute atomic E-state index is 6.01. The number of hydrogen-bond acceptors (Lipinski definition) is 2. The van der Waals surface area contributed by atoms with E-state index < -0.39 is 0 Å². The van der Waals surface area contributed by atoms with Crippen LogP contribution in [0.15, 0.2) is 30.5 Å². The Morgan fingerprint density at radius 2 is 1.88 bits per heavy atom. The van der Waals surface area contributed by atoms with Gasteiger partial charge >= 0.3 is 0 Å². The van der Waals surface area contributed by atoms with Crippen molar-refractivity contribution in [1.29, 1.82) is 0 Å². The summed E-state index contributed by atoms with van der Waals surface area (Å²) in [5.74, 6) is 0. The minimum atomic E-state index is 0.744. The van der Waals surface area contributed by atoms with E-state index in [1.807, 2.05) is 25.3 Å². The van der Waals surface area contributed by atoms with Gasteiger partial charge in [-0.1, -0.05) is 18.2 Å². The second-order valence-corrected chi connectivity index (χ2v) is 4.20. The molecule has 0 bridgehead atoms. The molecule has 1 heterocycles. The number of nitrogen functional groups attached to an aromatic ring is 1. The Morgan fingerprint density at radius 3 is 2.56 bits per heavy atom. The van der Waals surface area contributed by atoms with Gasteiger partial charge in [0.25, 0.3) is 0 Å². The molecule has 0 radical (unpaired) electrons. The first-order valence-electron chi connectivity index (χ1n) is 5.38. The zero-order valence-electron chi connectivity index (χ0n) is 9.91. The van der Waals surface area contributed by atoms with E-state index >= 15 is 0 Å². The average molecular weight is 212 g/mol. The molecule has 2 aromatic rings. The second kappa shape index (κ2) is 3.97. The summed E-state index contributed by atoms with van der Waals surface area (Å²) in [5.41, 5.74) is 12.4. The van der Waals surface area contributed by atoms with Crippen molar-refractivity contribution in [1.82, 2.24) is 4.98 Å². The number of benzene rings is 1. The highest BCUT2D eigenvalue weighted by molar-refractivity contribution is 5.75. The summed E-state index contributed by atoms with van der Waals surface area (Å²) in [6.07, 6.45) is 1.85. The molecule has 2 rings (SSSR count). The van der Waals surface area contributed by atoms with E-state index in [1.54, 1.807) is 0 Å². The SMILES string of the molecule is Cc1cnc(-c2cccc(C)c2C)c(N)c1. The second-order valence-electron chi connectivity index (χ2n) is 4.20. The fourth-order valence-electron chi connectivity index (χ4n) is 1.82. The van der Waals surface area contributed by atoms with Crippen LogP contribution in [0.4, 0.5) is 5.69 Å². The molecule has 0 atom stereocenters. The molecular weight excluding hydrogens is 196 g/mol. The molecule has 2 heteroatoms. The monoisotopic (exact) mass is 212 g/mol. The van der Waals surface area contributed by atoms with Crippen LogP contribution in [0.5, 0.6) is 0 Å². The molecule has 0 saturated carbocycles. The minimum Gasteiger partial charge on any atom is -0.397 e. The quantitative estimate of drug-likeness (QED) is 0.788. The zero-order valence-corrected chi connectivity index (χ0v) is 9.91. The average Bonchev–Trinajstić information content (AvgIpc) is 2.23. The van der Waals surface area contributed by atoms with Crippen LogP contribution in [0.25, 0.3) is 11.3 Å². The molecule has 2 N–H and O–H groups in total. The van der Waals surface area contributed by atoms with Gasteiger partial charge in [-0.05, 0) is 43.5 Å². The molecule has 2 nitrogen and oxygen atoms in total. The molecular formula is C14H16N2. The summed E-state index contributed by atoms with van der Waals surface area (Å²) in [6.45, 7) is 6.20. The number of nitrogens with zero attached hydrogens (tertiary/aromatic N) is 1. The van der Waals surface area contributed by atoms with E-state index in [1.165, 1.54) is 11.1 Å². The third-order valence-corrected chi connectivity index (χ3v) is 2.91. The van der Waals surface area contributed by atoms with E-state index in [9.17, 15) is 0 Å². The molecule has 0 spiro atoms. The van der Waals surface area contributed by atoms with Crippen molar-refractivity contribution < 1.29 is 0 Å². The van der Waals surface area contributed by atoms with Crippen molar-refractivity contribution in [3.8, 4) is 11.3 Å². The molecule has 0 aliphatic carbocycles. The van der Waals surface area contributed by atoms with Crippen molar-refractivity contribution in [2.75, 3.05) is 5.73 Å². The smallest absolute Gasteiger partial charge is 0.0934 e. The number of aromatic nitrogens is 1. The lowest BCUT2D eigenvalue weighted by atomic mass is 9.99. The normalized spacial score (nSPS) is 10.4. The molecule has 0 amide bonds. The Bertz CT molecular complexity index is 530. The lowest BCUT2D eigenvalue weighted by Crippen LogP contribution is -1.96. The highest BCUT2D eigenvalue weighted by Crippen LogP contribution is 2.28. The molecule has 0 fully saturated rings. The first-order valence-corrected chi connectivity index (χ1v) is 5.38. The largest absolute Gasteiger partial charge is 0.397 e. The maximum atomic E-state index is 6.01. The summed E-state index contributed by atoms with van der Waals surface area (Å²) >= 11 is 0. The van der Waals surface area contributed by atoms with Gasteiger partial charge < -0.3 is 5.73 Å². The fraction of sp³-hybridized carbons (Fsp3) is 0.214. The Labute approximate surface area is 96.1 Å². The van der Waals surface area contributed by atoms with E-state index in [2.05, 4.69) is 31.0 Å². The van der Waals surface area contributed by atoms with Gasteiger partial charge in [0, 0.05) is 11.8 Å². The maximum Gasteiger partial charge on any atom is 0.0934 e. The lowest BCUT2D eigenvalue weighted by molar-refractivity contribution is 1.25. The first-order chi connectivity index (χ1) is 7.59. The Balaban J connectivity index is 2.63.